The quantitative estimate of drug-likeness (QED) is 0.791. The Bertz CT molecular complexity index is 691. The van der Waals surface area contributed by atoms with E-state index in [0.717, 1.165) is 28.7 Å². The highest BCUT2D eigenvalue weighted by Crippen LogP contribution is 2.38. The van der Waals surface area contributed by atoms with E-state index in [0.29, 0.717) is 15.9 Å². The fourth-order valence-electron chi connectivity index (χ4n) is 3.11. The Morgan fingerprint density at radius 1 is 1.32 bits per heavy atom. The second kappa shape index (κ2) is 6.47. The molecule has 3 nitrogen and oxygen atoms in total. The molecule has 0 atom stereocenters. The van der Waals surface area contributed by atoms with Crippen LogP contribution < -0.4 is 4.74 Å². The summed E-state index contributed by atoms with van der Waals surface area (Å²) >= 11 is 7.94. The number of amides is 1. The van der Waals surface area contributed by atoms with Gasteiger partial charge in [0.2, 0.25) is 0 Å². The Kier molecular flexibility index (Phi) is 4.59. The maximum atomic E-state index is 12.8. The minimum Gasteiger partial charge on any atom is -0.497 e. The minimum atomic E-state index is 0.0390. The Hall–Kier alpha value is -1.26. The second-order valence-corrected chi connectivity index (χ2v) is 7.25. The van der Waals surface area contributed by atoms with Gasteiger partial charge in [-0.15, -0.1) is 11.3 Å². The normalized spacial score (nSPS) is 16.0. The van der Waals surface area contributed by atoms with Crippen LogP contribution >= 0.6 is 22.9 Å². The van der Waals surface area contributed by atoms with Gasteiger partial charge in [-0.2, -0.15) is 0 Å². The van der Waals surface area contributed by atoms with E-state index in [1.165, 1.54) is 30.6 Å². The molecule has 1 amide bonds. The highest BCUT2D eigenvalue weighted by atomic mass is 35.5. The molecule has 0 unspecified atom stereocenters. The molecule has 2 aromatic rings. The van der Waals surface area contributed by atoms with Crippen molar-refractivity contribution in [3.05, 3.63) is 28.1 Å². The molecule has 22 heavy (non-hydrogen) atoms. The molecule has 1 aromatic carbocycles. The van der Waals surface area contributed by atoms with Crippen molar-refractivity contribution >= 4 is 38.9 Å². The van der Waals surface area contributed by atoms with Crippen LogP contribution in [0.4, 0.5) is 0 Å². The molecule has 1 saturated carbocycles. The zero-order valence-corrected chi connectivity index (χ0v) is 14.5. The third kappa shape index (κ3) is 2.82. The standard InChI is InChI=1S/C17H20ClNO2S/c1-19(11-6-4-3-5-7-11)17(20)16-15(18)13-10-12(21-2)8-9-14(13)22-16/h8-11H,3-7H2,1-2H3. The number of ether oxygens (including phenoxy) is 1. The molecule has 0 N–H and O–H groups in total. The average molecular weight is 338 g/mol. The molecular weight excluding hydrogens is 318 g/mol. The van der Waals surface area contributed by atoms with Gasteiger partial charge in [-0.1, -0.05) is 30.9 Å². The van der Waals surface area contributed by atoms with Crippen LogP contribution in [0.15, 0.2) is 18.2 Å². The van der Waals surface area contributed by atoms with E-state index in [2.05, 4.69) is 0 Å². The van der Waals surface area contributed by atoms with Crippen molar-refractivity contribution < 1.29 is 9.53 Å². The molecule has 1 heterocycles. The summed E-state index contributed by atoms with van der Waals surface area (Å²) in [4.78, 5) is 15.3. The molecule has 5 heteroatoms. The maximum Gasteiger partial charge on any atom is 0.265 e. The number of hydrogen-bond donors (Lipinski definition) is 0. The molecule has 0 spiro atoms. The van der Waals surface area contributed by atoms with Crippen LogP contribution in [-0.4, -0.2) is 31.0 Å². The van der Waals surface area contributed by atoms with Crippen molar-refractivity contribution in [2.24, 2.45) is 0 Å². The van der Waals surface area contributed by atoms with Crippen LogP contribution in [0.2, 0.25) is 5.02 Å². The number of nitrogens with zero attached hydrogens (tertiary/aromatic N) is 1. The lowest BCUT2D eigenvalue weighted by atomic mass is 9.94. The summed E-state index contributed by atoms with van der Waals surface area (Å²) < 4.78 is 6.26. The van der Waals surface area contributed by atoms with Gasteiger partial charge in [0.15, 0.2) is 0 Å². The SMILES string of the molecule is COc1ccc2sc(C(=O)N(C)C3CCCCC3)c(Cl)c2c1. The van der Waals surface area contributed by atoms with E-state index < -0.39 is 0 Å². The van der Waals surface area contributed by atoms with E-state index in [9.17, 15) is 4.79 Å². The minimum absolute atomic E-state index is 0.0390. The zero-order chi connectivity index (χ0) is 15.7. The average Bonchev–Trinajstić information content (AvgIpc) is 2.90. The molecule has 1 aliphatic rings. The maximum absolute atomic E-state index is 12.8. The van der Waals surface area contributed by atoms with Crippen molar-refractivity contribution in [3.63, 3.8) is 0 Å². The third-order valence-corrected chi connectivity index (χ3v) is 6.13. The van der Waals surface area contributed by atoms with E-state index in [1.807, 2.05) is 30.1 Å². The van der Waals surface area contributed by atoms with Gasteiger partial charge in [0.25, 0.3) is 5.91 Å². The van der Waals surface area contributed by atoms with Crippen LogP contribution in [0.5, 0.6) is 5.75 Å². The molecule has 0 radical (unpaired) electrons. The van der Waals surface area contributed by atoms with Gasteiger partial charge in [-0.3, -0.25) is 4.79 Å². The number of carbonyl (C=O) groups is 1. The van der Waals surface area contributed by atoms with Crippen LogP contribution in [-0.2, 0) is 0 Å². The van der Waals surface area contributed by atoms with Crippen molar-refractivity contribution in [1.82, 2.24) is 4.90 Å². The number of benzene rings is 1. The lowest BCUT2D eigenvalue weighted by Gasteiger charge is -2.31. The molecule has 1 aromatic heterocycles. The number of rotatable bonds is 3. The highest BCUT2D eigenvalue weighted by molar-refractivity contribution is 7.21. The molecule has 1 aliphatic carbocycles. The van der Waals surface area contributed by atoms with Gasteiger partial charge in [-0.05, 0) is 31.0 Å². The first-order valence-electron chi connectivity index (χ1n) is 7.65. The van der Waals surface area contributed by atoms with E-state index in [1.54, 1.807) is 7.11 Å². The van der Waals surface area contributed by atoms with Gasteiger partial charge in [0, 0.05) is 23.2 Å². The Morgan fingerprint density at radius 3 is 2.73 bits per heavy atom. The topological polar surface area (TPSA) is 29.5 Å². The summed E-state index contributed by atoms with van der Waals surface area (Å²) in [6.07, 6.45) is 5.89. The molecular formula is C17H20ClNO2S. The van der Waals surface area contributed by atoms with Gasteiger partial charge < -0.3 is 9.64 Å². The fourth-order valence-corrected chi connectivity index (χ4v) is 4.57. The molecule has 1 fully saturated rings. The molecule has 0 bridgehead atoms. The number of thiophene rings is 1. The van der Waals surface area contributed by atoms with Crippen LogP contribution in [0.25, 0.3) is 10.1 Å². The third-order valence-electron chi connectivity index (χ3n) is 4.47. The zero-order valence-electron chi connectivity index (χ0n) is 12.9. The molecule has 118 valence electrons. The summed E-state index contributed by atoms with van der Waals surface area (Å²) in [5.41, 5.74) is 0. The number of halogens is 1. The fraction of sp³-hybridized carbons (Fsp3) is 0.471. The number of carbonyl (C=O) groups excluding carboxylic acids is 1. The van der Waals surface area contributed by atoms with Gasteiger partial charge in [0.1, 0.15) is 10.6 Å². The van der Waals surface area contributed by atoms with Crippen LogP contribution in [0.3, 0.4) is 0 Å². The van der Waals surface area contributed by atoms with Crippen LogP contribution in [0, 0.1) is 0 Å². The van der Waals surface area contributed by atoms with Crippen molar-refractivity contribution in [1.29, 1.82) is 0 Å². The summed E-state index contributed by atoms with van der Waals surface area (Å²) in [5.74, 6) is 0.795. The van der Waals surface area contributed by atoms with Crippen molar-refractivity contribution in [2.75, 3.05) is 14.2 Å². The van der Waals surface area contributed by atoms with Gasteiger partial charge in [-0.25, -0.2) is 0 Å². The highest BCUT2D eigenvalue weighted by Gasteiger charge is 2.26. The predicted molar refractivity (Wildman–Crippen MR) is 92.4 cm³/mol. The number of methoxy groups -OCH3 is 1. The molecule has 0 aliphatic heterocycles. The first-order valence-corrected chi connectivity index (χ1v) is 8.84. The Balaban J connectivity index is 1.91. The van der Waals surface area contributed by atoms with Gasteiger partial charge >= 0.3 is 0 Å². The van der Waals surface area contributed by atoms with Crippen LogP contribution in [0.1, 0.15) is 41.8 Å². The Labute approximate surface area is 139 Å². The lowest BCUT2D eigenvalue weighted by Crippen LogP contribution is -2.38. The Morgan fingerprint density at radius 2 is 2.05 bits per heavy atom. The second-order valence-electron chi connectivity index (χ2n) is 5.82. The first kappa shape index (κ1) is 15.6. The summed E-state index contributed by atoms with van der Waals surface area (Å²) in [7, 11) is 3.53. The number of hydrogen-bond acceptors (Lipinski definition) is 3. The molecule has 3 rings (SSSR count). The largest absolute Gasteiger partial charge is 0.497 e. The molecule has 0 saturated heterocycles. The van der Waals surface area contributed by atoms with Crippen molar-refractivity contribution in [3.8, 4) is 5.75 Å². The predicted octanol–water partition coefficient (Wildman–Crippen LogP) is 4.97. The van der Waals surface area contributed by atoms with Gasteiger partial charge in [0.05, 0.1) is 12.1 Å². The van der Waals surface area contributed by atoms with Crippen molar-refractivity contribution in [2.45, 2.75) is 38.1 Å². The first-order chi connectivity index (χ1) is 10.6. The lowest BCUT2D eigenvalue weighted by molar-refractivity contribution is 0.0701. The van der Waals surface area contributed by atoms with E-state index in [-0.39, 0.29) is 5.91 Å². The summed E-state index contributed by atoms with van der Waals surface area (Å²) in [6.45, 7) is 0. The van der Waals surface area contributed by atoms with E-state index >= 15 is 0 Å². The van der Waals surface area contributed by atoms with E-state index in [4.69, 9.17) is 16.3 Å². The number of fused-ring (bicyclic) bond motifs is 1. The monoisotopic (exact) mass is 337 g/mol. The summed E-state index contributed by atoms with van der Waals surface area (Å²) in [6, 6.07) is 6.10. The summed E-state index contributed by atoms with van der Waals surface area (Å²) in [5, 5.41) is 1.44. The smallest absolute Gasteiger partial charge is 0.265 e.